The first-order valence-corrected chi connectivity index (χ1v) is 11.7. The maximum absolute atomic E-state index is 6.01. The minimum Gasteiger partial charge on any atom is -0.490 e. The number of rotatable bonds is 6. The van der Waals surface area contributed by atoms with Crippen molar-refractivity contribution < 1.29 is 4.74 Å². The van der Waals surface area contributed by atoms with Crippen LogP contribution in [0.25, 0.3) is 0 Å². The van der Waals surface area contributed by atoms with Gasteiger partial charge in [-0.1, -0.05) is 18.2 Å². The highest BCUT2D eigenvalue weighted by Crippen LogP contribution is 2.32. The van der Waals surface area contributed by atoms with E-state index in [1.165, 1.54) is 61.9 Å². The van der Waals surface area contributed by atoms with Crippen LogP contribution in [0, 0.1) is 5.92 Å². The molecule has 0 radical (unpaired) electrons. The van der Waals surface area contributed by atoms with E-state index in [1.54, 1.807) is 0 Å². The quantitative estimate of drug-likeness (QED) is 0.751. The Balaban J connectivity index is 1.10. The Bertz CT molecular complexity index is 827. The van der Waals surface area contributed by atoms with Gasteiger partial charge in [0.25, 0.3) is 0 Å². The number of para-hydroxylation sites is 1. The molecular weight excluding hydrogens is 372 g/mol. The van der Waals surface area contributed by atoms with Crippen LogP contribution in [0.3, 0.4) is 0 Å². The predicted molar refractivity (Wildman–Crippen MR) is 122 cm³/mol. The lowest BCUT2D eigenvalue weighted by atomic mass is 9.86. The number of ether oxygens (including phenoxy) is 1. The molecule has 2 saturated heterocycles. The van der Waals surface area contributed by atoms with Gasteiger partial charge in [0.1, 0.15) is 12.4 Å². The van der Waals surface area contributed by atoms with Crippen molar-refractivity contribution in [2.75, 3.05) is 36.5 Å². The lowest BCUT2D eigenvalue weighted by Gasteiger charge is -2.36. The first-order valence-electron chi connectivity index (χ1n) is 11.7. The van der Waals surface area contributed by atoms with E-state index in [4.69, 9.17) is 4.74 Å². The van der Waals surface area contributed by atoms with Crippen LogP contribution >= 0.6 is 0 Å². The first-order chi connectivity index (χ1) is 14.8. The number of piperidine rings is 1. The maximum Gasteiger partial charge on any atom is 0.139 e. The molecule has 5 rings (SSSR count). The average molecular weight is 407 g/mol. The molecule has 2 fully saturated rings. The highest BCUT2D eigenvalue weighted by molar-refractivity contribution is 5.53. The first kappa shape index (κ1) is 19.7. The van der Waals surface area contributed by atoms with Gasteiger partial charge in [-0.05, 0) is 69.0 Å². The van der Waals surface area contributed by atoms with Crippen molar-refractivity contribution in [1.82, 2.24) is 10.3 Å². The second-order valence-corrected chi connectivity index (χ2v) is 9.19. The molecule has 0 bridgehead atoms. The zero-order chi connectivity index (χ0) is 20.2. The van der Waals surface area contributed by atoms with E-state index in [9.17, 15) is 0 Å². The van der Waals surface area contributed by atoms with Gasteiger partial charge < -0.3 is 20.3 Å². The Labute approximate surface area is 180 Å². The van der Waals surface area contributed by atoms with E-state index in [1.807, 2.05) is 12.4 Å². The third-order valence-electron chi connectivity index (χ3n) is 7.05. The van der Waals surface area contributed by atoms with Gasteiger partial charge >= 0.3 is 0 Å². The van der Waals surface area contributed by atoms with Crippen molar-refractivity contribution in [3.63, 3.8) is 0 Å². The van der Waals surface area contributed by atoms with Crippen LogP contribution in [-0.4, -0.2) is 43.3 Å². The van der Waals surface area contributed by atoms with Gasteiger partial charge in [0.2, 0.25) is 0 Å². The third kappa shape index (κ3) is 4.72. The number of fused-ring (bicyclic) bond motifs is 1. The van der Waals surface area contributed by atoms with E-state index < -0.39 is 0 Å². The number of aryl methyl sites for hydroxylation is 1. The molecule has 2 N–H and O–H groups in total. The van der Waals surface area contributed by atoms with Crippen LogP contribution in [-0.2, 0) is 6.42 Å². The van der Waals surface area contributed by atoms with Crippen molar-refractivity contribution in [3.05, 3.63) is 48.3 Å². The summed E-state index contributed by atoms with van der Waals surface area (Å²) >= 11 is 0. The molecule has 2 unspecified atom stereocenters. The summed E-state index contributed by atoms with van der Waals surface area (Å²) in [6.45, 7) is 4.08. The summed E-state index contributed by atoms with van der Waals surface area (Å²) in [4.78, 5) is 6.92. The van der Waals surface area contributed by atoms with Crippen LogP contribution in [0.5, 0.6) is 5.75 Å². The van der Waals surface area contributed by atoms with Crippen LogP contribution in [0.2, 0.25) is 0 Å². The molecule has 2 aromatic rings. The van der Waals surface area contributed by atoms with Gasteiger partial charge in [0.15, 0.2) is 0 Å². The Morgan fingerprint density at radius 1 is 1.03 bits per heavy atom. The summed E-state index contributed by atoms with van der Waals surface area (Å²) < 4.78 is 6.01. The number of hydrogen-bond donors (Lipinski definition) is 2. The monoisotopic (exact) mass is 406 g/mol. The minimum atomic E-state index is 0.491. The molecule has 2 atom stereocenters. The number of nitrogens with zero attached hydrogens (tertiary/aromatic N) is 2. The van der Waals surface area contributed by atoms with E-state index in [0.717, 1.165) is 37.9 Å². The molecule has 30 heavy (non-hydrogen) atoms. The van der Waals surface area contributed by atoms with Gasteiger partial charge in [-0.2, -0.15) is 0 Å². The number of benzene rings is 1. The second kappa shape index (κ2) is 9.25. The summed E-state index contributed by atoms with van der Waals surface area (Å²) in [5.41, 5.74) is 4.03. The molecular formula is C25H34N4O. The van der Waals surface area contributed by atoms with Gasteiger partial charge in [0, 0.05) is 36.9 Å². The smallest absolute Gasteiger partial charge is 0.139 e. The van der Waals surface area contributed by atoms with Gasteiger partial charge in [-0.3, -0.25) is 4.98 Å². The van der Waals surface area contributed by atoms with E-state index in [0.29, 0.717) is 12.1 Å². The predicted octanol–water partition coefficient (Wildman–Crippen LogP) is 4.25. The number of hydrogen-bond acceptors (Lipinski definition) is 5. The van der Waals surface area contributed by atoms with Crippen LogP contribution in [0.15, 0.2) is 42.7 Å². The second-order valence-electron chi connectivity index (χ2n) is 9.19. The van der Waals surface area contributed by atoms with Crippen molar-refractivity contribution in [1.29, 1.82) is 0 Å². The highest BCUT2D eigenvalue weighted by Gasteiger charge is 2.25. The molecule has 1 aromatic heterocycles. The molecule has 5 nitrogen and oxygen atoms in total. The lowest BCUT2D eigenvalue weighted by Crippen LogP contribution is -2.36. The fourth-order valence-electron chi connectivity index (χ4n) is 5.26. The normalized spacial score (nSPS) is 24.3. The fraction of sp³-hybridized carbons (Fsp3) is 0.560. The molecule has 3 aliphatic rings. The molecule has 0 amide bonds. The Kier molecular flexibility index (Phi) is 6.07. The van der Waals surface area contributed by atoms with Crippen molar-refractivity contribution in [2.24, 2.45) is 5.92 Å². The SMILES string of the molecule is c1ccc2c(c1)CCC(CC1CCN(c3cncc(OCC4CCCN4)c3)CC1)N2. The van der Waals surface area contributed by atoms with Crippen LogP contribution in [0.1, 0.15) is 44.1 Å². The van der Waals surface area contributed by atoms with E-state index in [-0.39, 0.29) is 0 Å². The minimum absolute atomic E-state index is 0.491. The molecule has 1 aromatic carbocycles. The fourth-order valence-corrected chi connectivity index (χ4v) is 5.26. The summed E-state index contributed by atoms with van der Waals surface area (Å²) in [6.07, 6.45) is 12.6. The average Bonchev–Trinajstić information content (AvgIpc) is 3.32. The number of pyridine rings is 1. The van der Waals surface area contributed by atoms with Crippen molar-refractivity contribution in [2.45, 2.75) is 57.0 Å². The zero-order valence-corrected chi connectivity index (χ0v) is 17.9. The van der Waals surface area contributed by atoms with E-state index in [2.05, 4.69) is 50.8 Å². The Morgan fingerprint density at radius 3 is 2.80 bits per heavy atom. The highest BCUT2D eigenvalue weighted by atomic mass is 16.5. The zero-order valence-electron chi connectivity index (χ0n) is 17.9. The molecule has 5 heteroatoms. The Morgan fingerprint density at radius 2 is 1.93 bits per heavy atom. The van der Waals surface area contributed by atoms with Crippen LogP contribution in [0.4, 0.5) is 11.4 Å². The lowest BCUT2D eigenvalue weighted by molar-refractivity contribution is 0.276. The number of aromatic nitrogens is 1. The molecule has 160 valence electrons. The molecule has 4 heterocycles. The van der Waals surface area contributed by atoms with Gasteiger partial charge in [0.05, 0.1) is 18.1 Å². The maximum atomic E-state index is 6.01. The van der Waals surface area contributed by atoms with Gasteiger partial charge in [-0.15, -0.1) is 0 Å². The summed E-state index contributed by atoms with van der Waals surface area (Å²) in [6, 6.07) is 12.1. The summed E-state index contributed by atoms with van der Waals surface area (Å²) in [7, 11) is 0. The molecule has 0 saturated carbocycles. The van der Waals surface area contributed by atoms with E-state index >= 15 is 0 Å². The molecule has 3 aliphatic heterocycles. The largest absolute Gasteiger partial charge is 0.490 e. The third-order valence-corrected chi connectivity index (χ3v) is 7.05. The number of anilines is 2. The van der Waals surface area contributed by atoms with Crippen molar-refractivity contribution in [3.8, 4) is 5.75 Å². The topological polar surface area (TPSA) is 49.4 Å². The standard InChI is InChI=1S/C25H34N4O/c1-2-6-25-20(4-1)7-8-21(28-25)14-19-9-12-29(13-10-19)23-15-24(17-26-16-23)30-18-22-5-3-11-27-22/h1-2,4,6,15-17,19,21-22,27-28H,3,5,7-14,18H2. The summed E-state index contributed by atoms with van der Waals surface area (Å²) in [5.74, 6) is 1.71. The molecule has 0 spiro atoms. The van der Waals surface area contributed by atoms with Gasteiger partial charge in [-0.25, -0.2) is 0 Å². The Hall–Kier alpha value is -2.27. The summed E-state index contributed by atoms with van der Waals surface area (Å²) in [5, 5.41) is 7.27. The van der Waals surface area contributed by atoms with Crippen molar-refractivity contribution >= 4 is 11.4 Å². The molecule has 0 aliphatic carbocycles. The number of nitrogens with one attached hydrogen (secondary N) is 2. The van der Waals surface area contributed by atoms with Crippen LogP contribution < -0.4 is 20.3 Å².